The fourth-order valence-electron chi connectivity index (χ4n) is 3.88. The number of nitrogens with one attached hydrogen (secondary N) is 2. The number of rotatable bonds is 4. The second kappa shape index (κ2) is 7.55. The molecule has 138 valence electrons. The normalized spacial score (nSPS) is 29.1. The van der Waals surface area contributed by atoms with Crippen LogP contribution in [0.25, 0.3) is 0 Å². The van der Waals surface area contributed by atoms with Crippen molar-refractivity contribution in [2.45, 2.75) is 82.5 Å². The molecule has 2 N–H and O–H groups in total. The quantitative estimate of drug-likeness (QED) is 0.819. The molecule has 1 amide bonds. The standard InChI is InChI=1S/C20H29ClN2O2/c1-20(2,3)25-19(24)23-18-9-5-8-17(18)22-16-11-14(12-16)13-6-4-7-15(21)10-13/h4,6-7,10,14,16-18,22H,5,8-9,11-12H2,1-3H3,(H,23,24). The van der Waals surface area contributed by atoms with Gasteiger partial charge in [-0.15, -0.1) is 0 Å². The predicted molar refractivity (Wildman–Crippen MR) is 101 cm³/mol. The van der Waals surface area contributed by atoms with Crippen LogP contribution in [-0.4, -0.2) is 29.8 Å². The van der Waals surface area contributed by atoms with Crippen molar-refractivity contribution in [3.05, 3.63) is 34.9 Å². The molecule has 2 aliphatic rings. The highest BCUT2D eigenvalue weighted by atomic mass is 35.5. The molecule has 1 aromatic rings. The Bertz CT molecular complexity index is 608. The maximum absolute atomic E-state index is 12.0. The van der Waals surface area contributed by atoms with E-state index in [9.17, 15) is 4.79 Å². The third-order valence-electron chi connectivity index (χ3n) is 5.13. The van der Waals surface area contributed by atoms with E-state index < -0.39 is 5.60 Å². The number of ether oxygens (including phenoxy) is 1. The van der Waals surface area contributed by atoms with Crippen LogP contribution in [0.15, 0.2) is 24.3 Å². The van der Waals surface area contributed by atoms with Crippen LogP contribution in [-0.2, 0) is 4.74 Å². The Morgan fingerprint density at radius 1 is 1.20 bits per heavy atom. The zero-order valence-corrected chi connectivity index (χ0v) is 16.1. The molecule has 4 nitrogen and oxygen atoms in total. The molecule has 5 heteroatoms. The van der Waals surface area contributed by atoms with Gasteiger partial charge in [-0.3, -0.25) is 0 Å². The van der Waals surface area contributed by atoms with E-state index in [1.165, 1.54) is 5.56 Å². The average Bonchev–Trinajstić information content (AvgIpc) is 2.87. The van der Waals surface area contributed by atoms with Gasteiger partial charge in [-0.2, -0.15) is 0 Å². The second-order valence-electron chi connectivity index (χ2n) is 8.38. The van der Waals surface area contributed by atoms with Crippen molar-refractivity contribution < 1.29 is 9.53 Å². The summed E-state index contributed by atoms with van der Waals surface area (Å²) in [6, 6.07) is 9.22. The first-order valence-electron chi connectivity index (χ1n) is 9.31. The number of carbonyl (C=O) groups excluding carboxylic acids is 1. The molecule has 1 aromatic carbocycles. The first kappa shape index (κ1) is 18.5. The number of halogens is 1. The molecular weight excluding hydrogens is 336 g/mol. The lowest BCUT2D eigenvalue weighted by molar-refractivity contribution is 0.0494. The largest absolute Gasteiger partial charge is 0.444 e. The van der Waals surface area contributed by atoms with Gasteiger partial charge in [0.25, 0.3) is 0 Å². The van der Waals surface area contributed by atoms with Crippen LogP contribution in [0, 0.1) is 0 Å². The third kappa shape index (κ3) is 5.11. The van der Waals surface area contributed by atoms with Gasteiger partial charge in [-0.25, -0.2) is 4.79 Å². The molecule has 0 bridgehead atoms. The Morgan fingerprint density at radius 2 is 1.92 bits per heavy atom. The van der Waals surface area contributed by atoms with Crippen LogP contribution < -0.4 is 10.6 Å². The Labute approximate surface area is 155 Å². The molecule has 25 heavy (non-hydrogen) atoms. The van der Waals surface area contributed by atoms with Crippen LogP contribution in [0.1, 0.15) is 64.4 Å². The minimum atomic E-state index is -0.455. The summed E-state index contributed by atoms with van der Waals surface area (Å²) in [7, 11) is 0. The predicted octanol–water partition coefficient (Wildman–Crippen LogP) is 4.62. The molecular formula is C20H29ClN2O2. The van der Waals surface area contributed by atoms with Gasteiger partial charge in [0.15, 0.2) is 0 Å². The summed E-state index contributed by atoms with van der Waals surface area (Å²) >= 11 is 6.09. The van der Waals surface area contributed by atoms with E-state index in [4.69, 9.17) is 16.3 Å². The molecule has 0 saturated heterocycles. The van der Waals surface area contributed by atoms with Gasteiger partial charge >= 0.3 is 6.09 Å². The zero-order chi connectivity index (χ0) is 18.0. The lowest BCUT2D eigenvalue weighted by Gasteiger charge is -2.39. The Kier molecular flexibility index (Phi) is 5.59. The number of hydrogen-bond acceptors (Lipinski definition) is 3. The van der Waals surface area contributed by atoms with E-state index in [-0.39, 0.29) is 12.1 Å². The van der Waals surface area contributed by atoms with Crippen molar-refractivity contribution in [1.29, 1.82) is 0 Å². The highest BCUT2D eigenvalue weighted by molar-refractivity contribution is 6.30. The maximum atomic E-state index is 12.0. The Balaban J connectivity index is 1.46. The minimum Gasteiger partial charge on any atom is -0.444 e. The van der Waals surface area contributed by atoms with Gasteiger partial charge in [-0.05, 0) is 76.5 Å². The van der Waals surface area contributed by atoms with E-state index in [0.717, 1.165) is 37.1 Å². The van der Waals surface area contributed by atoms with Crippen molar-refractivity contribution in [3.8, 4) is 0 Å². The van der Waals surface area contributed by atoms with Crippen molar-refractivity contribution in [2.75, 3.05) is 0 Å². The molecule has 2 aliphatic carbocycles. The highest BCUT2D eigenvalue weighted by Crippen LogP contribution is 2.38. The minimum absolute atomic E-state index is 0.167. The maximum Gasteiger partial charge on any atom is 0.407 e. The topological polar surface area (TPSA) is 50.4 Å². The summed E-state index contributed by atoms with van der Waals surface area (Å²) in [6.07, 6.45) is 5.23. The molecule has 0 spiro atoms. The van der Waals surface area contributed by atoms with E-state index in [0.29, 0.717) is 18.0 Å². The smallest absolute Gasteiger partial charge is 0.407 e. The Morgan fingerprint density at radius 3 is 2.60 bits per heavy atom. The van der Waals surface area contributed by atoms with Crippen LogP contribution in [0.3, 0.4) is 0 Å². The van der Waals surface area contributed by atoms with Gasteiger partial charge in [0.1, 0.15) is 5.60 Å². The summed E-state index contributed by atoms with van der Waals surface area (Å²) in [4.78, 5) is 12.0. The van der Waals surface area contributed by atoms with Crippen LogP contribution in [0.2, 0.25) is 5.02 Å². The summed E-state index contributed by atoms with van der Waals surface area (Å²) in [5.74, 6) is 0.592. The van der Waals surface area contributed by atoms with E-state index in [1.54, 1.807) is 0 Å². The van der Waals surface area contributed by atoms with Gasteiger partial charge in [-0.1, -0.05) is 23.7 Å². The van der Waals surface area contributed by atoms with Gasteiger partial charge < -0.3 is 15.4 Å². The lowest BCUT2D eigenvalue weighted by atomic mass is 9.75. The fourth-order valence-corrected chi connectivity index (χ4v) is 4.08. The highest BCUT2D eigenvalue weighted by Gasteiger charge is 2.36. The van der Waals surface area contributed by atoms with E-state index in [1.807, 2.05) is 32.9 Å². The van der Waals surface area contributed by atoms with E-state index >= 15 is 0 Å². The van der Waals surface area contributed by atoms with Gasteiger partial charge in [0.2, 0.25) is 0 Å². The third-order valence-corrected chi connectivity index (χ3v) is 5.36. The molecule has 2 saturated carbocycles. The lowest BCUT2D eigenvalue weighted by Crippen LogP contribution is -2.53. The van der Waals surface area contributed by atoms with Crippen molar-refractivity contribution >= 4 is 17.7 Å². The summed E-state index contributed by atoms with van der Waals surface area (Å²) < 4.78 is 5.39. The second-order valence-corrected chi connectivity index (χ2v) is 8.81. The summed E-state index contributed by atoms with van der Waals surface area (Å²) in [6.45, 7) is 5.67. The number of amides is 1. The first-order chi connectivity index (χ1) is 11.8. The fraction of sp³-hybridized carbons (Fsp3) is 0.650. The molecule has 0 aromatic heterocycles. The molecule has 3 rings (SSSR count). The molecule has 0 heterocycles. The van der Waals surface area contributed by atoms with Crippen molar-refractivity contribution in [2.24, 2.45) is 0 Å². The Hall–Kier alpha value is -1.26. The molecule has 0 aliphatic heterocycles. The van der Waals surface area contributed by atoms with Crippen LogP contribution in [0.4, 0.5) is 4.79 Å². The molecule has 2 fully saturated rings. The van der Waals surface area contributed by atoms with Crippen LogP contribution in [0.5, 0.6) is 0 Å². The summed E-state index contributed by atoms with van der Waals surface area (Å²) in [5, 5.41) is 7.60. The average molecular weight is 365 g/mol. The monoisotopic (exact) mass is 364 g/mol. The van der Waals surface area contributed by atoms with Crippen molar-refractivity contribution in [1.82, 2.24) is 10.6 Å². The molecule has 2 unspecified atom stereocenters. The zero-order valence-electron chi connectivity index (χ0n) is 15.3. The van der Waals surface area contributed by atoms with Gasteiger partial charge in [0, 0.05) is 23.1 Å². The molecule has 2 atom stereocenters. The number of carbonyl (C=O) groups is 1. The van der Waals surface area contributed by atoms with Crippen molar-refractivity contribution in [3.63, 3.8) is 0 Å². The van der Waals surface area contributed by atoms with Crippen LogP contribution >= 0.6 is 11.6 Å². The summed E-state index contributed by atoms with van der Waals surface area (Å²) in [5.41, 5.74) is 0.879. The number of alkyl carbamates (subject to hydrolysis) is 1. The number of hydrogen-bond donors (Lipinski definition) is 2. The first-order valence-corrected chi connectivity index (χ1v) is 9.69. The number of benzene rings is 1. The van der Waals surface area contributed by atoms with Gasteiger partial charge in [0.05, 0.1) is 0 Å². The molecule has 0 radical (unpaired) electrons. The van der Waals surface area contributed by atoms with E-state index in [2.05, 4.69) is 22.8 Å². The SMILES string of the molecule is CC(C)(C)OC(=O)NC1CCCC1NC1CC(c2cccc(Cl)c2)C1.